The van der Waals surface area contributed by atoms with Crippen LogP contribution < -0.4 is 4.74 Å². The third-order valence-corrected chi connectivity index (χ3v) is 7.84. The van der Waals surface area contributed by atoms with Crippen molar-refractivity contribution in [1.29, 1.82) is 0 Å². The number of rotatable bonds is 12. The maximum absolute atomic E-state index is 11.3. The third-order valence-electron chi connectivity index (χ3n) is 7.84. The van der Waals surface area contributed by atoms with E-state index in [-0.39, 0.29) is 17.7 Å². The number of ether oxygens (including phenoxy) is 4. The summed E-state index contributed by atoms with van der Waals surface area (Å²) in [4.78, 5) is 11.3. The molecule has 0 radical (unpaired) electrons. The zero-order valence-corrected chi connectivity index (χ0v) is 22.7. The minimum Gasteiger partial charge on any atom is -0.494 e. The van der Waals surface area contributed by atoms with Gasteiger partial charge in [0.2, 0.25) is 0 Å². The monoisotopic (exact) mass is 530 g/mol. The minimum absolute atomic E-state index is 0.175. The Kier molecular flexibility index (Phi) is 8.89. The van der Waals surface area contributed by atoms with E-state index in [1.165, 1.54) is 12.8 Å². The summed E-state index contributed by atoms with van der Waals surface area (Å²) in [6, 6.07) is 15.5. The molecule has 2 unspecified atom stereocenters. The molecule has 7 nitrogen and oxygen atoms in total. The first-order valence-electron chi connectivity index (χ1n) is 14.0. The molecule has 0 N–H and O–H groups in total. The summed E-state index contributed by atoms with van der Waals surface area (Å²) in [6.45, 7) is 7.84. The second-order valence-corrected chi connectivity index (χ2v) is 11.0. The number of unbranched alkanes of at least 4 members (excludes halogenated alkanes) is 3. The van der Waals surface area contributed by atoms with Gasteiger partial charge in [-0.2, -0.15) is 10.2 Å². The Balaban J connectivity index is 0.993. The smallest absolute Gasteiger partial charge is 0.333 e. The van der Waals surface area contributed by atoms with Crippen molar-refractivity contribution in [3.8, 4) is 5.75 Å². The maximum Gasteiger partial charge on any atom is 0.333 e. The van der Waals surface area contributed by atoms with Crippen LogP contribution in [0.5, 0.6) is 5.75 Å². The van der Waals surface area contributed by atoms with Gasteiger partial charge in [0.15, 0.2) is 6.29 Å². The molecule has 2 aromatic carbocycles. The van der Waals surface area contributed by atoms with E-state index in [0.717, 1.165) is 61.6 Å². The average molecular weight is 531 g/mol. The lowest BCUT2D eigenvalue weighted by atomic mass is 9.76. The van der Waals surface area contributed by atoms with Crippen LogP contribution in [0, 0.1) is 17.3 Å². The first-order valence-corrected chi connectivity index (χ1v) is 14.0. The van der Waals surface area contributed by atoms with Crippen LogP contribution >= 0.6 is 0 Å². The molecule has 39 heavy (non-hydrogen) atoms. The van der Waals surface area contributed by atoms with E-state index in [2.05, 4.69) is 29.0 Å². The number of esters is 1. The van der Waals surface area contributed by atoms with Crippen LogP contribution in [0.3, 0.4) is 0 Å². The van der Waals surface area contributed by atoms with Gasteiger partial charge in [-0.05, 0) is 93.7 Å². The number of carbonyl (C=O) groups is 1. The van der Waals surface area contributed by atoms with E-state index in [4.69, 9.17) is 18.9 Å². The summed E-state index contributed by atoms with van der Waals surface area (Å²) < 4.78 is 23.2. The molecule has 1 aliphatic heterocycles. The van der Waals surface area contributed by atoms with Crippen molar-refractivity contribution < 1.29 is 23.7 Å². The molecule has 5 rings (SSSR count). The molecule has 0 aromatic heterocycles. The van der Waals surface area contributed by atoms with Crippen LogP contribution in [0.4, 0.5) is 11.4 Å². The van der Waals surface area contributed by atoms with Gasteiger partial charge in [0.25, 0.3) is 0 Å². The predicted molar refractivity (Wildman–Crippen MR) is 149 cm³/mol. The maximum atomic E-state index is 11.3. The Morgan fingerprint density at radius 1 is 0.923 bits per heavy atom. The van der Waals surface area contributed by atoms with Crippen LogP contribution in [-0.2, 0) is 19.0 Å². The number of nitrogens with zero attached hydrogens (tertiary/aromatic N) is 2. The van der Waals surface area contributed by atoms with Crippen molar-refractivity contribution in [2.24, 2.45) is 27.5 Å². The standard InChI is InChI=1S/C32H38N2O5/c1-23(2)30(35)37-18-6-4-3-5-17-36-29-15-13-28(14-16-29)34-33-27-11-8-25(9-12-27)31-38-21-32(22-39-31)20-24-7-10-26(32)19-24/h7-16,24,26,31H,1,3-6,17-22H2,2H3. The molecule has 1 saturated heterocycles. The number of azo groups is 1. The third kappa shape index (κ3) is 7.02. The van der Waals surface area contributed by atoms with Gasteiger partial charge in [0.05, 0.1) is 37.8 Å². The Hall–Kier alpha value is -3.29. The molecular weight excluding hydrogens is 492 g/mol. The highest BCUT2D eigenvalue weighted by Crippen LogP contribution is 2.54. The largest absolute Gasteiger partial charge is 0.494 e. The molecular formula is C32H38N2O5. The Morgan fingerprint density at radius 2 is 1.56 bits per heavy atom. The highest BCUT2D eigenvalue weighted by atomic mass is 16.7. The van der Waals surface area contributed by atoms with E-state index in [9.17, 15) is 4.79 Å². The van der Waals surface area contributed by atoms with E-state index in [1.54, 1.807) is 6.92 Å². The van der Waals surface area contributed by atoms with Gasteiger partial charge in [0, 0.05) is 16.6 Å². The van der Waals surface area contributed by atoms with Crippen molar-refractivity contribution in [2.45, 2.75) is 51.7 Å². The fourth-order valence-corrected chi connectivity index (χ4v) is 5.61. The molecule has 2 aromatic rings. The minimum atomic E-state index is -0.319. The van der Waals surface area contributed by atoms with Crippen LogP contribution in [0.15, 0.2) is 83.1 Å². The molecule has 1 heterocycles. The molecule has 0 amide bonds. The average Bonchev–Trinajstić information content (AvgIpc) is 3.56. The SMILES string of the molecule is C=C(C)C(=O)OCCCCCCOc1ccc(N=Nc2ccc(C3OCC4(CO3)CC3C=CC4C3)cc2)cc1. The van der Waals surface area contributed by atoms with Crippen molar-refractivity contribution in [3.63, 3.8) is 0 Å². The summed E-state index contributed by atoms with van der Waals surface area (Å²) in [5.74, 6) is 1.81. The van der Waals surface area contributed by atoms with E-state index in [0.29, 0.717) is 30.6 Å². The van der Waals surface area contributed by atoms with Gasteiger partial charge < -0.3 is 18.9 Å². The molecule has 1 spiro atoms. The van der Waals surface area contributed by atoms with Gasteiger partial charge in [-0.25, -0.2) is 4.79 Å². The van der Waals surface area contributed by atoms with Crippen LogP contribution in [0.2, 0.25) is 0 Å². The molecule has 2 bridgehead atoms. The zero-order chi connectivity index (χ0) is 27.1. The van der Waals surface area contributed by atoms with Crippen molar-refractivity contribution in [2.75, 3.05) is 26.4 Å². The fraction of sp³-hybridized carbons (Fsp3) is 0.469. The topological polar surface area (TPSA) is 78.7 Å². The van der Waals surface area contributed by atoms with Crippen molar-refractivity contribution in [3.05, 3.63) is 78.4 Å². The van der Waals surface area contributed by atoms with E-state index in [1.807, 2.05) is 48.5 Å². The Bertz CT molecular complexity index is 1180. The lowest BCUT2D eigenvalue weighted by molar-refractivity contribution is -0.239. The molecule has 2 aliphatic carbocycles. The highest BCUT2D eigenvalue weighted by Gasteiger charge is 2.51. The van der Waals surface area contributed by atoms with Crippen LogP contribution in [-0.4, -0.2) is 32.4 Å². The summed E-state index contributed by atoms with van der Waals surface area (Å²) >= 11 is 0. The number of hydrogen-bond acceptors (Lipinski definition) is 7. The first-order chi connectivity index (χ1) is 19.0. The zero-order valence-electron chi connectivity index (χ0n) is 22.7. The second-order valence-electron chi connectivity index (χ2n) is 11.0. The lowest BCUT2D eigenvalue weighted by Crippen LogP contribution is -2.41. The van der Waals surface area contributed by atoms with Gasteiger partial charge in [-0.15, -0.1) is 0 Å². The van der Waals surface area contributed by atoms with Crippen molar-refractivity contribution >= 4 is 17.3 Å². The van der Waals surface area contributed by atoms with Gasteiger partial charge in [-0.3, -0.25) is 0 Å². The molecule has 7 heteroatoms. The normalized spacial score (nSPS) is 25.4. The fourth-order valence-electron chi connectivity index (χ4n) is 5.61. The number of benzene rings is 2. The summed E-state index contributed by atoms with van der Waals surface area (Å²) in [6.07, 6.45) is 10.7. The summed E-state index contributed by atoms with van der Waals surface area (Å²) in [7, 11) is 0. The molecule has 2 atom stereocenters. The quantitative estimate of drug-likeness (QED) is 0.0920. The number of fused-ring (bicyclic) bond motifs is 3. The number of hydrogen-bond donors (Lipinski definition) is 0. The second kappa shape index (κ2) is 12.7. The first kappa shape index (κ1) is 27.3. The molecule has 2 fully saturated rings. The number of carbonyl (C=O) groups excluding carboxylic acids is 1. The predicted octanol–water partition coefficient (Wildman–Crippen LogP) is 7.79. The Morgan fingerprint density at radius 3 is 2.15 bits per heavy atom. The highest BCUT2D eigenvalue weighted by molar-refractivity contribution is 5.86. The summed E-state index contributed by atoms with van der Waals surface area (Å²) in [5, 5.41) is 8.72. The molecule has 3 aliphatic rings. The molecule has 1 saturated carbocycles. The van der Waals surface area contributed by atoms with Crippen LogP contribution in [0.25, 0.3) is 0 Å². The van der Waals surface area contributed by atoms with E-state index < -0.39 is 0 Å². The van der Waals surface area contributed by atoms with Gasteiger partial charge in [0.1, 0.15) is 5.75 Å². The van der Waals surface area contributed by atoms with Crippen LogP contribution in [0.1, 0.15) is 57.3 Å². The Labute approximate surface area is 230 Å². The lowest BCUT2D eigenvalue weighted by Gasteiger charge is -2.41. The van der Waals surface area contributed by atoms with E-state index >= 15 is 0 Å². The molecule has 206 valence electrons. The van der Waals surface area contributed by atoms with Crippen molar-refractivity contribution in [1.82, 2.24) is 0 Å². The van der Waals surface area contributed by atoms with Gasteiger partial charge >= 0.3 is 5.97 Å². The summed E-state index contributed by atoms with van der Waals surface area (Å²) in [5.41, 5.74) is 3.16. The number of allylic oxidation sites excluding steroid dienone is 2. The van der Waals surface area contributed by atoms with Gasteiger partial charge in [-0.1, -0.05) is 30.9 Å².